The van der Waals surface area contributed by atoms with Crippen LogP contribution in [0.2, 0.25) is 0 Å². The SMILES string of the molecule is COc1ccc(C(=O)/C=C/c2cc(-c3ccccc3)n[nH]2)cc1[OH2+]. The first kappa shape index (κ1) is 15.6. The van der Waals surface area contributed by atoms with Crippen molar-refractivity contribution in [2.75, 3.05) is 7.11 Å². The minimum absolute atomic E-state index is 0.179. The molecule has 3 rings (SSSR count). The van der Waals surface area contributed by atoms with Crippen molar-refractivity contribution in [2.45, 2.75) is 0 Å². The minimum Gasteiger partial charge on any atom is -0.591 e. The minimum atomic E-state index is -0.179. The fraction of sp³-hybridized carbons (Fsp3) is 0.0526. The molecule has 3 aromatic rings. The van der Waals surface area contributed by atoms with Crippen molar-refractivity contribution in [1.82, 2.24) is 10.2 Å². The lowest BCUT2D eigenvalue weighted by atomic mass is 10.1. The summed E-state index contributed by atoms with van der Waals surface area (Å²) in [5.74, 6) is 0.447. The Morgan fingerprint density at radius 2 is 1.96 bits per heavy atom. The van der Waals surface area contributed by atoms with Crippen molar-refractivity contribution >= 4 is 11.9 Å². The Balaban J connectivity index is 1.75. The summed E-state index contributed by atoms with van der Waals surface area (Å²) in [7, 11) is 1.50. The molecule has 1 aromatic heterocycles. The second kappa shape index (κ2) is 6.83. The Kier molecular flexibility index (Phi) is 4.43. The Morgan fingerprint density at radius 3 is 2.67 bits per heavy atom. The van der Waals surface area contributed by atoms with Crippen molar-refractivity contribution in [3.63, 3.8) is 0 Å². The molecule has 1 heterocycles. The Hall–Kier alpha value is -3.34. The zero-order valence-electron chi connectivity index (χ0n) is 13.1. The van der Waals surface area contributed by atoms with Gasteiger partial charge in [0.15, 0.2) is 5.78 Å². The van der Waals surface area contributed by atoms with E-state index in [0.717, 1.165) is 17.0 Å². The van der Waals surface area contributed by atoms with E-state index < -0.39 is 0 Å². The van der Waals surface area contributed by atoms with E-state index in [-0.39, 0.29) is 11.5 Å². The number of aromatic nitrogens is 2. The van der Waals surface area contributed by atoms with Gasteiger partial charge in [0.2, 0.25) is 5.75 Å². The van der Waals surface area contributed by atoms with E-state index in [0.29, 0.717) is 11.3 Å². The smallest absolute Gasteiger partial charge is 0.297 e. The summed E-state index contributed by atoms with van der Waals surface area (Å²) < 4.78 is 5.02. The van der Waals surface area contributed by atoms with Crippen LogP contribution in [-0.2, 0) is 0 Å². The Bertz CT molecular complexity index is 883. The van der Waals surface area contributed by atoms with Gasteiger partial charge in [-0.25, -0.2) is 0 Å². The number of hydrogen-bond acceptors (Lipinski definition) is 3. The zero-order valence-corrected chi connectivity index (χ0v) is 13.1. The number of ketones is 1. The summed E-state index contributed by atoms with van der Waals surface area (Å²) >= 11 is 0. The molecule has 5 heteroatoms. The average molecular weight is 321 g/mol. The van der Waals surface area contributed by atoms with Gasteiger partial charge in [-0.2, -0.15) is 5.10 Å². The van der Waals surface area contributed by atoms with Crippen LogP contribution in [0.25, 0.3) is 17.3 Å². The number of H-pyrrole nitrogens is 1. The number of benzene rings is 2. The molecule has 2 aromatic carbocycles. The second-order valence-electron chi connectivity index (χ2n) is 5.19. The normalized spacial score (nSPS) is 10.9. The van der Waals surface area contributed by atoms with Crippen molar-refractivity contribution in [2.24, 2.45) is 0 Å². The summed E-state index contributed by atoms with van der Waals surface area (Å²) in [5.41, 5.74) is 3.01. The van der Waals surface area contributed by atoms with E-state index in [1.807, 2.05) is 36.4 Å². The van der Waals surface area contributed by atoms with E-state index in [2.05, 4.69) is 10.2 Å². The molecule has 0 fully saturated rings. The molecule has 0 aliphatic carbocycles. The maximum Gasteiger partial charge on any atom is 0.297 e. The molecular formula is C19H17N2O3+. The van der Waals surface area contributed by atoms with E-state index >= 15 is 0 Å². The first-order valence-corrected chi connectivity index (χ1v) is 7.40. The molecule has 0 amide bonds. The molecule has 5 nitrogen and oxygen atoms in total. The van der Waals surface area contributed by atoms with Gasteiger partial charge in [-0.15, -0.1) is 0 Å². The molecule has 24 heavy (non-hydrogen) atoms. The highest BCUT2D eigenvalue weighted by atomic mass is 16.5. The zero-order chi connectivity index (χ0) is 16.9. The number of aromatic amines is 1. The molecule has 0 aliphatic heterocycles. The first-order valence-electron chi connectivity index (χ1n) is 7.40. The third-order valence-electron chi connectivity index (χ3n) is 3.57. The molecule has 120 valence electrons. The third kappa shape index (κ3) is 3.35. The van der Waals surface area contributed by atoms with E-state index in [1.54, 1.807) is 18.2 Å². The van der Waals surface area contributed by atoms with Gasteiger partial charge in [0.1, 0.15) is 0 Å². The number of hydrogen-bond donors (Lipinski definition) is 1. The highest BCUT2D eigenvalue weighted by Gasteiger charge is 2.10. The number of ether oxygens (including phenoxy) is 1. The lowest BCUT2D eigenvalue weighted by Gasteiger charge is -2.01. The third-order valence-corrected chi connectivity index (χ3v) is 3.57. The number of allylic oxidation sites excluding steroid dienone is 1. The topological polar surface area (TPSA) is 77.9 Å². The van der Waals surface area contributed by atoms with Crippen LogP contribution in [0.15, 0.2) is 60.7 Å². The maximum absolute atomic E-state index is 12.2. The number of nitrogens with zero attached hydrogens (tertiary/aromatic N) is 1. The van der Waals surface area contributed by atoms with Crippen molar-refractivity contribution in [3.8, 4) is 22.8 Å². The van der Waals surface area contributed by atoms with Crippen LogP contribution >= 0.6 is 0 Å². The highest BCUT2D eigenvalue weighted by Crippen LogP contribution is 2.26. The van der Waals surface area contributed by atoms with Gasteiger partial charge < -0.3 is 9.84 Å². The van der Waals surface area contributed by atoms with Gasteiger partial charge in [0, 0.05) is 17.2 Å². The van der Waals surface area contributed by atoms with Crippen molar-refractivity contribution in [1.29, 1.82) is 0 Å². The van der Waals surface area contributed by atoms with Crippen LogP contribution in [0.3, 0.4) is 0 Å². The van der Waals surface area contributed by atoms with Gasteiger partial charge in [-0.3, -0.25) is 9.89 Å². The number of carbonyl (C=O) groups is 1. The molecule has 0 saturated heterocycles. The maximum atomic E-state index is 12.2. The van der Waals surface area contributed by atoms with Crippen molar-refractivity contribution in [3.05, 3.63) is 71.9 Å². The van der Waals surface area contributed by atoms with Crippen LogP contribution < -0.4 is 4.74 Å². The van der Waals surface area contributed by atoms with Gasteiger partial charge in [-0.05, 0) is 30.4 Å². The number of nitrogens with one attached hydrogen (secondary N) is 1. The Labute approximate surface area is 139 Å². The van der Waals surface area contributed by atoms with Crippen LogP contribution in [0.4, 0.5) is 0 Å². The molecule has 0 radical (unpaired) electrons. The monoisotopic (exact) mass is 321 g/mol. The molecule has 0 atom stereocenters. The summed E-state index contributed by atoms with van der Waals surface area (Å²) in [4.78, 5) is 12.2. The summed E-state index contributed by atoms with van der Waals surface area (Å²) in [5, 5.41) is 14.9. The molecule has 0 unspecified atom stereocenters. The Morgan fingerprint density at radius 1 is 1.17 bits per heavy atom. The van der Waals surface area contributed by atoms with Crippen molar-refractivity contribution < 1.29 is 14.6 Å². The number of rotatable bonds is 5. The van der Waals surface area contributed by atoms with E-state index in [9.17, 15) is 4.79 Å². The first-order chi connectivity index (χ1) is 11.7. The van der Waals surface area contributed by atoms with Gasteiger partial charge in [0.25, 0.3) is 5.75 Å². The van der Waals surface area contributed by atoms with Gasteiger partial charge >= 0.3 is 0 Å². The molecule has 0 bridgehead atoms. The molecule has 0 saturated carbocycles. The molecular weight excluding hydrogens is 304 g/mol. The van der Waals surface area contributed by atoms with Crippen LogP contribution in [-0.4, -0.2) is 28.2 Å². The predicted molar refractivity (Wildman–Crippen MR) is 93.4 cm³/mol. The molecule has 0 spiro atoms. The van der Waals surface area contributed by atoms with Gasteiger partial charge in [0.05, 0.1) is 18.5 Å². The quantitative estimate of drug-likeness (QED) is 0.444. The largest absolute Gasteiger partial charge is 0.591 e. The second-order valence-corrected chi connectivity index (χ2v) is 5.19. The van der Waals surface area contributed by atoms with Crippen LogP contribution in [0.1, 0.15) is 16.1 Å². The van der Waals surface area contributed by atoms with E-state index in [1.165, 1.54) is 19.3 Å². The average Bonchev–Trinajstić information content (AvgIpc) is 3.09. The molecule has 3 N–H and O–H groups in total. The number of carbonyl (C=O) groups excluding carboxylic acids is 1. The lowest BCUT2D eigenvalue weighted by molar-refractivity contribution is 0.104. The van der Waals surface area contributed by atoms with E-state index in [4.69, 9.17) is 9.84 Å². The molecule has 0 aliphatic rings. The summed E-state index contributed by atoms with van der Waals surface area (Å²) in [6.07, 6.45) is 3.14. The standard InChI is InChI=1S/C19H16N2O3/c1-24-19-10-7-14(11-18(19)23)17(22)9-8-15-12-16(21-20-15)13-5-3-2-4-6-13/h2-12,23H,1H3,(H,20,21)/p+1/b9-8+. The summed E-state index contributed by atoms with van der Waals surface area (Å²) in [6, 6.07) is 16.4. The fourth-order valence-electron chi connectivity index (χ4n) is 2.30. The summed E-state index contributed by atoms with van der Waals surface area (Å²) in [6.45, 7) is 0. The number of methoxy groups -OCH3 is 1. The lowest BCUT2D eigenvalue weighted by Crippen LogP contribution is -1.94. The predicted octanol–water partition coefficient (Wildman–Crippen LogP) is 3.42. The van der Waals surface area contributed by atoms with Gasteiger partial charge in [-0.1, -0.05) is 30.3 Å². The van der Waals surface area contributed by atoms with Crippen LogP contribution in [0.5, 0.6) is 11.5 Å². The van der Waals surface area contributed by atoms with Crippen LogP contribution in [0, 0.1) is 0 Å². The fourth-order valence-corrected chi connectivity index (χ4v) is 2.30. The highest BCUT2D eigenvalue weighted by molar-refractivity contribution is 6.07.